The molecule has 1 N–H and O–H groups in total. The van der Waals surface area contributed by atoms with Crippen LogP contribution in [0.2, 0.25) is 0 Å². The number of carbonyl (C=O) groups is 1. The van der Waals surface area contributed by atoms with Crippen LogP contribution in [0.4, 0.5) is 4.79 Å². The summed E-state index contributed by atoms with van der Waals surface area (Å²) in [6.45, 7) is 12.3. The molecule has 2 aliphatic heterocycles. The fraction of sp³-hybridized carbons (Fsp3) is 0.720. The number of nitrogens with one attached hydrogen (secondary N) is 1. The standard InChI is InChI=1S/C25H40BrN3O2/c1-4-27-25(30)29-15-10-20(11-16-29)7-12-28-13-8-21(9-14-28)17-22-18-23(31-19(2)3)5-6-24(22)26/h5-6,18-21H,4,7-17H2,1-3H3,(H,27,30). The fourth-order valence-corrected chi connectivity index (χ4v) is 5.24. The molecule has 0 saturated carbocycles. The van der Waals surface area contributed by atoms with Gasteiger partial charge in [0.15, 0.2) is 0 Å². The van der Waals surface area contributed by atoms with Gasteiger partial charge in [0.25, 0.3) is 0 Å². The molecule has 2 aliphatic rings. The summed E-state index contributed by atoms with van der Waals surface area (Å²) in [5.41, 5.74) is 1.37. The van der Waals surface area contributed by atoms with E-state index in [1.807, 2.05) is 11.8 Å². The zero-order valence-electron chi connectivity index (χ0n) is 19.5. The van der Waals surface area contributed by atoms with Gasteiger partial charge < -0.3 is 19.9 Å². The number of rotatable bonds is 8. The maximum absolute atomic E-state index is 12.0. The first kappa shape index (κ1) is 24.4. The SMILES string of the molecule is CCNC(=O)N1CCC(CCN2CCC(Cc3cc(OC(C)C)ccc3Br)CC2)CC1. The minimum atomic E-state index is 0.107. The normalized spacial score (nSPS) is 19.1. The Morgan fingerprint density at radius 1 is 1.13 bits per heavy atom. The van der Waals surface area contributed by atoms with Crippen LogP contribution in [0.15, 0.2) is 22.7 Å². The number of amides is 2. The van der Waals surface area contributed by atoms with E-state index in [0.717, 1.165) is 49.9 Å². The second-order valence-electron chi connectivity index (χ2n) is 9.46. The van der Waals surface area contributed by atoms with Gasteiger partial charge in [-0.05, 0) is 115 Å². The van der Waals surface area contributed by atoms with Crippen molar-refractivity contribution in [2.24, 2.45) is 11.8 Å². The van der Waals surface area contributed by atoms with Crippen LogP contribution in [0, 0.1) is 11.8 Å². The summed E-state index contributed by atoms with van der Waals surface area (Å²) in [7, 11) is 0. The Kier molecular flexibility index (Phi) is 9.51. The van der Waals surface area contributed by atoms with Crippen molar-refractivity contribution in [1.29, 1.82) is 0 Å². The third-order valence-electron chi connectivity index (χ3n) is 6.69. The number of hydrogen-bond donors (Lipinski definition) is 1. The molecule has 0 bridgehead atoms. The number of benzene rings is 1. The van der Waals surface area contributed by atoms with Crippen molar-refractivity contribution in [3.05, 3.63) is 28.2 Å². The molecule has 5 nitrogen and oxygen atoms in total. The van der Waals surface area contributed by atoms with Gasteiger partial charge in [0.05, 0.1) is 6.10 Å². The zero-order valence-corrected chi connectivity index (χ0v) is 21.1. The Morgan fingerprint density at radius 2 is 1.81 bits per heavy atom. The predicted molar refractivity (Wildman–Crippen MR) is 131 cm³/mol. The molecule has 0 aliphatic carbocycles. The van der Waals surface area contributed by atoms with Crippen LogP contribution < -0.4 is 10.1 Å². The van der Waals surface area contributed by atoms with Crippen LogP contribution in [0.5, 0.6) is 5.75 Å². The Bertz CT molecular complexity index is 696. The van der Waals surface area contributed by atoms with E-state index in [1.54, 1.807) is 0 Å². The monoisotopic (exact) mass is 493 g/mol. The largest absolute Gasteiger partial charge is 0.491 e. The van der Waals surface area contributed by atoms with Crippen molar-refractivity contribution < 1.29 is 9.53 Å². The van der Waals surface area contributed by atoms with Crippen molar-refractivity contribution in [1.82, 2.24) is 15.1 Å². The first-order valence-corrected chi connectivity index (χ1v) is 12.9. The number of carbonyl (C=O) groups excluding carboxylic acids is 1. The molecule has 3 rings (SSSR count). The summed E-state index contributed by atoms with van der Waals surface area (Å²) in [4.78, 5) is 16.6. The summed E-state index contributed by atoms with van der Waals surface area (Å²) in [5, 5.41) is 2.92. The van der Waals surface area contributed by atoms with Crippen LogP contribution in [0.25, 0.3) is 0 Å². The molecule has 0 spiro atoms. The van der Waals surface area contributed by atoms with Crippen molar-refractivity contribution in [2.45, 2.75) is 65.4 Å². The lowest BCUT2D eigenvalue weighted by atomic mass is 9.89. The highest BCUT2D eigenvalue weighted by Crippen LogP contribution is 2.30. The van der Waals surface area contributed by atoms with E-state index < -0.39 is 0 Å². The summed E-state index contributed by atoms with van der Waals surface area (Å²) in [5.74, 6) is 2.49. The number of urea groups is 1. The first-order valence-electron chi connectivity index (χ1n) is 12.1. The Balaban J connectivity index is 1.36. The maximum Gasteiger partial charge on any atom is 0.317 e. The highest BCUT2D eigenvalue weighted by Gasteiger charge is 2.24. The van der Waals surface area contributed by atoms with Gasteiger partial charge in [0, 0.05) is 24.1 Å². The molecule has 1 aromatic rings. The van der Waals surface area contributed by atoms with Gasteiger partial charge >= 0.3 is 6.03 Å². The molecule has 0 aromatic heterocycles. The summed E-state index contributed by atoms with van der Waals surface area (Å²) >= 11 is 3.73. The molecule has 2 saturated heterocycles. The molecule has 6 heteroatoms. The quantitative estimate of drug-likeness (QED) is 0.532. The van der Waals surface area contributed by atoms with Gasteiger partial charge in [0.2, 0.25) is 0 Å². The van der Waals surface area contributed by atoms with E-state index in [0.29, 0.717) is 6.54 Å². The molecule has 1 aromatic carbocycles. The van der Waals surface area contributed by atoms with E-state index >= 15 is 0 Å². The molecule has 2 amide bonds. The fourth-order valence-electron chi connectivity index (χ4n) is 4.83. The topological polar surface area (TPSA) is 44.8 Å². The molecule has 174 valence electrons. The zero-order chi connectivity index (χ0) is 22.2. The summed E-state index contributed by atoms with van der Waals surface area (Å²) < 4.78 is 7.08. The van der Waals surface area contributed by atoms with Gasteiger partial charge in [-0.3, -0.25) is 0 Å². The molecule has 0 unspecified atom stereocenters. The highest BCUT2D eigenvalue weighted by molar-refractivity contribution is 9.10. The Labute approximate surface area is 197 Å². The van der Waals surface area contributed by atoms with Gasteiger partial charge in [-0.1, -0.05) is 15.9 Å². The second kappa shape index (κ2) is 12.1. The average Bonchev–Trinajstić information content (AvgIpc) is 2.76. The number of hydrogen-bond acceptors (Lipinski definition) is 3. The highest BCUT2D eigenvalue weighted by atomic mass is 79.9. The molecule has 31 heavy (non-hydrogen) atoms. The third-order valence-corrected chi connectivity index (χ3v) is 7.46. The maximum atomic E-state index is 12.0. The van der Waals surface area contributed by atoms with Gasteiger partial charge in [-0.25, -0.2) is 4.79 Å². The van der Waals surface area contributed by atoms with Gasteiger partial charge in [0.1, 0.15) is 5.75 Å². The van der Waals surface area contributed by atoms with E-state index in [1.165, 1.54) is 48.9 Å². The van der Waals surface area contributed by atoms with Crippen LogP contribution in [0.1, 0.15) is 58.4 Å². The van der Waals surface area contributed by atoms with Crippen LogP contribution in [0.3, 0.4) is 0 Å². The molecular weight excluding hydrogens is 454 g/mol. The third kappa shape index (κ3) is 7.67. The minimum absolute atomic E-state index is 0.107. The molecule has 2 heterocycles. The van der Waals surface area contributed by atoms with E-state index in [2.05, 4.69) is 58.2 Å². The molecule has 2 fully saturated rings. The van der Waals surface area contributed by atoms with E-state index in [9.17, 15) is 4.79 Å². The lowest BCUT2D eigenvalue weighted by Crippen LogP contribution is -2.44. The second-order valence-corrected chi connectivity index (χ2v) is 10.3. The molecule has 0 radical (unpaired) electrons. The minimum Gasteiger partial charge on any atom is -0.491 e. The Hall–Kier alpha value is -1.27. The number of halogens is 1. The number of likely N-dealkylation sites (tertiary alicyclic amines) is 2. The van der Waals surface area contributed by atoms with Gasteiger partial charge in [-0.15, -0.1) is 0 Å². The average molecular weight is 495 g/mol. The van der Waals surface area contributed by atoms with E-state index in [-0.39, 0.29) is 12.1 Å². The predicted octanol–water partition coefficient (Wildman–Crippen LogP) is 5.32. The van der Waals surface area contributed by atoms with Crippen LogP contribution in [-0.4, -0.2) is 61.2 Å². The van der Waals surface area contributed by atoms with Crippen molar-refractivity contribution in [2.75, 3.05) is 39.3 Å². The number of ether oxygens (including phenoxy) is 1. The van der Waals surface area contributed by atoms with E-state index in [4.69, 9.17) is 4.74 Å². The lowest BCUT2D eigenvalue weighted by molar-refractivity contribution is 0.146. The summed E-state index contributed by atoms with van der Waals surface area (Å²) in [6, 6.07) is 6.50. The number of piperidine rings is 2. The van der Waals surface area contributed by atoms with Crippen molar-refractivity contribution in [3.63, 3.8) is 0 Å². The Morgan fingerprint density at radius 3 is 2.45 bits per heavy atom. The molecule has 0 atom stereocenters. The number of nitrogens with zero attached hydrogens (tertiary/aromatic N) is 2. The van der Waals surface area contributed by atoms with Crippen LogP contribution in [-0.2, 0) is 6.42 Å². The lowest BCUT2D eigenvalue weighted by Gasteiger charge is -2.35. The first-order chi connectivity index (χ1) is 14.9. The summed E-state index contributed by atoms with van der Waals surface area (Å²) in [6.07, 6.45) is 7.45. The van der Waals surface area contributed by atoms with Crippen molar-refractivity contribution >= 4 is 22.0 Å². The molecular formula is C25H40BrN3O2. The van der Waals surface area contributed by atoms with Crippen molar-refractivity contribution in [3.8, 4) is 5.75 Å². The van der Waals surface area contributed by atoms with Crippen LogP contribution >= 0.6 is 15.9 Å². The smallest absolute Gasteiger partial charge is 0.317 e. The van der Waals surface area contributed by atoms with Gasteiger partial charge in [-0.2, -0.15) is 0 Å².